The minimum absolute atomic E-state index is 0.00377. The molecule has 0 spiro atoms. The van der Waals surface area contributed by atoms with E-state index in [9.17, 15) is 23.2 Å². The third kappa shape index (κ3) is 3.74. The van der Waals surface area contributed by atoms with E-state index < -0.39 is 17.7 Å². The van der Waals surface area contributed by atoms with E-state index in [2.05, 4.69) is 22.0 Å². The Morgan fingerprint density at radius 2 is 2.03 bits per heavy atom. The summed E-state index contributed by atoms with van der Waals surface area (Å²) < 4.78 is 41.0. The first kappa shape index (κ1) is 22.9. The number of hydrogen-bond acceptors (Lipinski definition) is 5. The molecule has 1 aliphatic heterocycles. The Hall–Kier alpha value is -2.28. The Bertz CT molecular complexity index is 1220. The summed E-state index contributed by atoms with van der Waals surface area (Å²) in [4.78, 5) is 16.2. The first-order valence-corrected chi connectivity index (χ1v) is 11.6. The monoisotopic (exact) mass is 541 g/mol. The molecular weight excluding hydrogens is 527 g/mol. The third-order valence-corrected chi connectivity index (χ3v) is 8.11. The molecular formula is C22H16BrClF3N3OS. The molecule has 0 radical (unpaired) electrons. The molecule has 32 heavy (non-hydrogen) atoms. The number of aryl methyl sites for hydroxylation is 1. The van der Waals surface area contributed by atoms with Crippen LogP contribution in [0.15, 0.2) is 51.4 Å². The lowest BCUT2D eigenvalue weighted by molar-refractivity contribution is -0.137. The largest absolute Gasteiger partial charge is 0.416 e. The fourth-order valence-corrected chi connectivity index (χ4v) is 6.01. The molecule has 2 heterocycles. The van der Waals surface area contributed by atoms with Crippen molar-refractivity contribution in [2.75, 3.05) is 4.90 Å². The maximum atomic E-state index is 13.4. The normalized spacial score (nSPS) is 19.3. The average Bonchev–Trinajstić information content (AvgIpc) is 3.05. The van der Waals surface area contributed by atoms with Gasteiger partial charge in [-0.15, -0.1) is 11.3 Å². The van der Waals surface area contributed by atoms with E-state index in [1.165, 1.54) is 16.2 Å². The van der Waals surface area contributed by atoms with Crippen molar-refractivity contribution < 1.29 is 18.0 Å². The number of nitrogens with two attached hydrogens (primary N) is 1. The molecule has 0 amide bonds. The average molecular weight is 543 g/mol. The molecule has 2 aromatic rings. The number of Topliss-reactive ketones (excluding diaryl/α,β-unsaturated/α-hetero) is 1. The summed E-state index contributed by atoms with van der Waals surface area (Å²) in [7, 11) is 0. The van der Waals surface area contributed by atoms with Crippen LogP contribution in [0, 0.1) is 18.3 Å². The standard InChI is InChI=1S/C22H16BrClF3N3OS/c1-10-13(23)8-18(32-10)19-12(9-28)21(29)30(15-3-2-4-17(31)20(15)19)16-7-11(22(25,26)27)5-6-14(16)24/h5-8,19H,2-4,29H2,1H3. The van der Waals surface area contributed by atoms with E-state index in [-0.39, 0.29) is 27.9 Å². The maximum absolute atomic E-state index is 13.4. The molecule has 0 bridgehead atoms. The SMILES string of the molecule is Cc1sc(C2C(C#N)=C(N)N(c3cc(C(F)(F)F)ccc3Cl)C3=C2C(=O)CCC3)cc1Br. The highest BCUT2D eigenvalue weighted by molar-refractivity contribution is 9.10. The number of carbonyl (C=O) groups is 1. The second kappa shape index (κ2) is 8.25. The fourth-order valence-electron chi connectivity index (χ4n) is 4.13. The van der Waals surface area contributed by atoms with Gasteiger partial charge in [0.05, 0.1) is 33.8 Å². The van der Waals surface area contributed by atoms with Gasteiger partial charge in [-0.2, -0.15) is 18.4 Å². The van der Waals surface area contributed by atoms with E-state index in [1.807, 2.05) is 13.0 Å². The van der Waals surface area contributed by atoms with Gasteiger partial charge in [0.1, 0.15) is 5.82 Å². The predicted molar refractivity (Wildman–Crippen MR) is 121 cm³/mol. The van der Waals surface area contributed by atoms with Crippen molar-refractivity contribution in [1.82, 2.24) is 0 Å². The Kier molecular flexibility index (Phi) is 5.90. The van der Waals surface area contributed by atoms with Gasteiger partial charge in [0, 0.05) is 31.9 Å². The summed E-state index contributed by atoms with van der Waals surface area (Å²) in [6, 6.07) is 6.89. The molecule has 1 atom stereocenters. The van der Waals surface area contributed by atoms with Crippen LogP contribution >= 0.6 is 38.9 Å². The molecule has 1 aromatic carbocycles. The Morgan fingerprint density at radius 3 is 2.62 bits per heavy atom. The fraction of sp³-hybridized carbons (Fsp3) is 0.273. The number of rotatable bonds is 2. The van der Waals surface area contributed by atoms with Crippen LogP contribution in [0.4, 0.5) is 18.9 Å². The van der Waals surface area contributed by atoms with Crippen LogP contribution in [0.3, 0.4) is 0 Å². The molecule has 4 nitrogen and oxygen atoms in total. The van der Waals surface area contributed by atoms with Crippen molar-refractivity contribution in [1.29, 1.82) is 5.26 Å². The van der Waals surface area contributed by atoms with Crippen molar-refractivity contribution in [2.24, 2.45) is 5.73 Å². The predicted octanol–water partition coefficient (Wildman–Crippen LogP) is 6.80. The molecule has 1 unspecified atom stereocenters. The molecule has 1 aromatic heterocycles. The number of ketones is 1. The van der Waals surface area contributed by atoms with Gasteiger partial charge in [-0.05, 0) is 60.0 Å². The summed E-state index contributed by atoms with van der Waals surface area (Å²) in [6.45, 7) is 1.91. The molecule has 2 N–H and O–H groups in total. The second-order valence-electron chi connectivity index (χ2n) is 7.53. The van der Waals surface area contributed by atoms with Crippen LogP contribution in [0.25, 0.3) is 0 Å². The number of allylic oxidation sites excluding steroid dienone is 3. The highest BCUT2D eigenvalue weighted by Gasteiger charge is 2.42. The van der Waals surface area contributed by atoms with Crippen molar-refractivity contribution in [3.8, 4) is 6.07 Å². The van der Waals surface area contributed by atoms with Gasteiger partial charge >= 0.3 is 6.18 Å². The number of halogens is 5. The number of thiophene rings is 1. The number of anilines is 1. The van der Waals surface area contributed by atoms with Crippen LogP contribution in [0.2, 0.25) is 5.02 Å². The molecule has 1 aliphatic carbocycles. The summed E-state index contributed by atoms with van der Waals surface area (Å²) >= 11 is 11.2. The summed E-state index contributed by atoms with van der Waals surface area (Å²) in [5, 5.41) is 10.0. The van der Waals surface area contributed by atoms with E-state index in [1.54, 1.807) is 0 Å². The highest BCUT2D eigenvalue weighted by Crippen LogP contribution is 2.50. The first-order chi connectivity index (χ1) is 15.0. The van der Waals surface area contributed by atoms with Crippen LogP contribution in [-0.4, -0.2) is 5.78 Å². The number of nitrogens with zero attached hydrogens (tertiary/aromatic N) is 2. The van der Waals surface area contributed by atoms with Gasteiger partial charge in [0.15, 0.2) is 5.78 Å². The lowest BCUT2D eigenvalue weighted by atomic mass is 9.78. The zero-order valence-corrected chi connectivity index (χ0v) is 19.8. The van der Waals surface area contributed by atoms with Gasteiger partial charge in [-0.25, -0.2) is 0 Å². The van der Waals surface area contributed by atoms with E-state index >= 15 is 0 Å². The molecule has 2 aliphatic rings. The summed E-state index contributed by atoms with van der Waals surface area (Å²) in [5.41, 5.74) is 6.51. The minimum atomic E-state index is -4.59. The van der Waals surface area contributed by atoms with Crippen LogP contribution in [-0.2, 0) is 11.0 Å². The van der Waals surface area contributed by atoms with Crippen molar-refractivity contribution in [3.63, 3.8) is 0 Å². The number of alkyl halides is 3. The Balaban J connectivity index is 1.99. The lowest BCUT2D eigenvalue weighted by Crippen LogP contribution is -2.38. The molecule has 0 fully saturated rings. The Morgan fingerprint density at radius 1 is 1.31 bits per heavy atom. The third-order valence-electron chi connectivity index (χ3n) is 5.59. The number of nitriles is 1. The zero-order valence-electron chi connectivity index (χ0n) is 16.7. The molecule has 166 valence electrons. The van der Waals surface area contributed by atoms with E-state index in [0.29, 0.717) is 30.5 Å². The van der Waals surface area contributed by atoms with Gasteiger partial charge in [-0.3, -0.25) is 9.69 Å². The van der Waals surface area contributed by atoms with Crippen molar-refractivity contribution in [3.05, 3.63) is 71.7 Å². The highest BCUT2D eigenvalue weighted by atomic mass is 79.9. The number of hydrogen-bond donors (Lipinski definition) is 1. The number of benzene rings is 1. The van der Waals surface area contributed by atoms with Gasteiger partial charge in [0.2, 0.25) is 0 Å². The van der Waals surface area contributed by atoms with E-state index in [0.717, 1.165) is 32.4 Å². The van der Waals surface area contributed by atoms with Gasteiger partial charge < -0.3 is 5.73 Å². The smallest absolute Gasteiger partial charge is 0.384 e. The molecule has 0 saturated heterocycles. The topological polar surface area (TPSA) is 70.1 Å². The maximum Gasteiger partial charge on any atom is 0.416 e. The van der Waals surface area contributed by atoms with Crippen LogP contribution < -0.4 is 10.6 Å². The van der Waals surface area contributed by atoms with Crippen LogP contribution in [0.1, 0.15) is 40.5 Å². The second-order valence-corrected chi connectivity index (χ2v) is 10.1. The molecule has 10 heteroatoms. The van der Waals surface area contributed by atoms with Crippen molar-refractivity contribution >= 4 is 50.3 Å². The molecule has 4 rings (SSSR count). The van der Waals surface area contributed by atoms with Crippen molar-refractivity contribution in [2.45, 2.75) is 38.3 Å². The quantitative estimate of drug-likeness (QED) is 0.453. The first-order valence-electron chi connectivity index (χ1n) is 9.63. The summed E-state index contributed by atoms with van der Waals surface area (Å²) in [5.74, 6) is -0.834. The summed E-state index contributed by atoms with van der Waals surface area (Å²) in [6.07, 6.45) is -3.34. The zero-order chi connectivity index (χ0) is 23.4. The van der Waals surface area contributed by atoms with E-state index in [4.69, 9.17) is 17.3 Å². The van der Waals surface area contributed by atoms with Crippen LogP contribution in [0.5, 0.6) is 0 Å². The lowest BCUT2D eigenvalue weighted by Gasteiger charge is -2.39. The molecule has 0 saturated carbocycles. The number of carbonyl (C=O) groups excluding carboxylic acids is 1. The van der Waals surface area contributed by atoms with Gasteiger partial charge in [-0.1, -0.05) is 11.6 Å². The Labute approximate surface area is 199 Å². The van der Waals surface area contributed by atoms with Gasteiger partial charge in [0.25, 0.3) is 0 Å². The minimum Gasteiger partial charge on any atom is -0.384 e.